The first-order valence-electron chi connectivity index (χ1n) is 7.59. The van der Waals surface area contributed by atoms with Crippen molar-refractivity contribution in [1.82, 2.24) is 0 Å². The topological polar surface area (TPSA) is 37.4 Å². The van der Waals surface area contributed by atoms with E-state index in [-0.39, 0.29) is 11.6 Å². The summed E-state index contributed by atoms with van der Waals surface area (Å²) in [4.78, 5) is 27.3. The predicted octanol–water partition coefficient (Wildman–Crippen LogP) is 3.83. The van der Waals surface area contributed by atoms with Gasteiger partial charge in [-0.1, -0.05) is 24.3 Å². The van der Waals surface area contributed by atoms with E-state index < -0.39 is 0 Å². The molecule has 116 valence electrons. The van der Waals surface area contributed by atoms with Crippen molar-refractivity contribution in [3.63, 3.8) is 0 Å². The van der Waals surface area contributed by atoms with Crippen molar-refractivity contribution in [3.05, 3.63) is 70.3 Å². The Kier molecular flexibility index (Phi) is 3.64. The summed E-state index contributed by atoms with van der Waals surface area (Å²) in [5, 5.41) is 0. The molecule has 2 aromatic carbocycles. The van der Waals surface area contributed by atoms with E-state index in [1.54, 1.807) is 24.3 Å². The van der Waals surface area contributed by atoms with Crippen molar-refractivity contribution in [2.45, 2.75) is 13.8 Å². The molecule has 0 heterocycles. The molecule has 23 heavy (non-hydrogen) atoms. The fourth-order valence-corrected chi connectivity index (χ4v) is 3.12. The maximum Gasteiger partial charge on any atom is 0.194 e. The van der Waals surface area contributed by atoms with Gasteiger partial charge in [-0.3, -0.25) is 9.59 Å². The number of carbonyl (C=O) groups is 2. The van der Waals surface area contributed by atoms with E-state index in [9.17, 15) is 9.59 Å². The molecule has 0 N–H and O–H groups in total. The molecule has 0 unspecified atom stereocenters. The minimum absolute atomic E-state index is 0.0796. The molecule has 0 radical (unpaired) electrons. The number of aryl methyl sites for hydroxylation is 2. The molecule has 2 aromatic rings. The lowest BCUT2D eigenvalue weighted by molar-refractivity contribution is 0.100. The van der Waals surface area contributed by atoms with E-state index >= 15 is 0 Å². The highest BCUT2D eigenvalue weighted by Crippen LogP contribution is 2.33. The summed E-state index contributed by atoms with van der Waals surface area (Å²) in [6.45, 7) is 3.96. The van der Waals surface area contributed by atoms with Crippen LogP contribution in [0.15, 0.2) is 42.5 Å². The van der Waals surface area contributed by atoms with Crippen molar-refractivity contribution < 1.29 is 9.59 Å². The molecule has 0 fully saturated rings. The Morgan fingerprint density at radius 1 is 0.870 bits per heavy atom. The van der Waals surface area contributed by atoms with Crippen LogP contribution >= 0.6 is 0 Å². The molecule has 0 bridgehead atoms. The van der Waals surface area contributed by atoms with Gasteiger partial charge in [-0.25, -0.2) is 0 Å². The van der Waals surface area contributed by atoms with Crippen LogP contribution in [0.5, 0.6) is 0 Å². The van der Waals surface area contributed by atoms with Gasteiger partial charge in [-0.15, -0.1) is 0 Å². The number of allylic oxidation sites excluding steroid dienone is 2. The van der Waals surface area contributed by atoms with Gasteiger partial charge >= 0.3 is 0 Å². The Morgan fingerprint density at radius 2 is 1.43 bits per heavy atom. The van der Waals surface area contributed by atoms with Crippen LogP contribution in [0.4, 0.5) is 5.69 Å². The van der Waals surface area contributed by atoms with Gasteiger partial charge in [0.15, 0.2) is 11.6 Å². The van der Waals surface area contributed by atoms with Gasteiger partial charge in [0.2, 0.25) is 0 Å². The number of ketones is 2. The van der Waals surface area contributed by atoms with Crippen LogP contribution in [0.25, 0.3) is 5.57 Å². The Hall–Kier alpha value is -2.68. The van der Waals surface area contributed by atoms with Crippen LogP contribution in [0, 0.1) is 13.8 Å². The highest BCUT2D eigenvalue weighted by Gasteiger charge is 2.27. The van der Waals surface area contributed by atoms with E-state index in [1.807, 2.05) is 45.0 Å². The quantitative estimate of drug-likeness (QED) is 0.846. The normalized spacial score (nSPS) is 13.7. The predicted molar refractivity (Wildman–Crippen MR) is 93.3 cm³/mol. The highest BCUT2D eigenvalue weighted by atomic mass is 16.1. The second-order valence-electron chi connectivity index (χ2n) is 6.15. The van der Waals surface area contributed by atoms with E-state index in [0.717, 1.165) is 22.4 Å². The van der Waals surface area contributed by atoms with Crippen LogP contribution in [0.1, 0.15) is 37.4 Å². The lowest BCUT2D eigenvalue weighted by Crippen LogP contribution is -2.17. The van der Waals surface area contributed by atoms with Crippen molar-refractivity contribution in [1.29, 1.82) is 0 Å². The number of hydrogen-bond acceptors (Lipinski definition) is 3. The first-order valence-corrected chi connectivity index (χ1v) is 7.59. The maximum absolute atomic E-state index is 12.9. The van der Waals surface area contributed by atoms with Crippen LogP contribution < -0.4 is 4.90 Å². The number of rotatable bonds is 2. The van der Waals surface area contributed by atoms with Crippen molar-refractivity contribution in [3.8, 4) is 0 Å². The summed E-state index contributed by atoms with van der Waals surface area (Å²) >= 11 is 0. The summed E-state index contributed by atoms with van der Waals surface area (Å²) in [6, 6.07) is 11.1. The number of benzene rings is 2. The molecule has 3 nitrogen and oxygen atoms in total. The molecular weight excluding hydrogens is 286 g/mol. The molecule has 0 aromatic heterocycles. The third-order valence-corrected chi connectivity index (χ3v) is 4.26. The highest BCUT2D eigenvalue weighted by molar-refractivity contribution is 6.39. The molecule has 3 rings (SSSR count). The second-order valence-corrected chi connectivity index (χ2v) is 6.15. The van der Waals surface area contributed by atoms with Crippen LogP contribution in [0.2, 0.25) is 0 Å². The number of Topliss-reactive ketones (excluding diaryl/α,β-unsaturated/α-hetero) is 1. The van der Waals surface area contributed by atoms with Crippen molar-refractivity contribution in [2.24, 2.45) is 0 Å². The van der Waals surface area contributed by atoms with E-state index in [4.69, 9.17) is 0 Å². The summed E-state index contributed by atoms with van der Waals surface area (Å²) in [5.41, 5.74) is 5.42. The lowest BCUT2D eigenvalue weighted by atomic mass is 9.83. The smallest absolute Gasteiger partial charge is 0.194 e. The lowest BCUT2D eigenvalue weighted by Gasteiger charge is -2.21. The number of hydrogen-bond donors (Lipinski definition) is 0. The largest absolute Gasteiger partial charge is 0.378 e. The Balaban J connectivity index is 2.17. The number of carbonyl (C=O) groups excluding carboxylic acids is 2. The molecule has 1 aliphatic carbocycles. The van der Waals surface area contributed by atoms with Crippen molar-refractivity contribution >= 4 is 22.8 Å². The molecule has 0 spiro atoms. The molecule has 0 aliphatic heterocycles. The fraction of sp³-hybridized carbons (Fsp3) is 0.200. The average Bonchev–Trinajstić information content (AvgIpc) is 2.51. The van der Waals surface area contributed by atoms with Gasteiger partial charge in [0, 0.05) is 36.5 Å². The first kappa shape index (κ1) is 15.2. The number of nitrogens with zero attached hydrogens (tertiary/aromatic N) is 1. The summed E-state index contributed by atoms with van der Waals surface area (Å²) in [6.07, 6.45) is 1.48. The average molecular weight is 305 g/mol. The van der Waals surface area contributed by atoms with Gasteiger partial charge in [0.25, 0.3) is 0 Å². The minimum Gasteiger partial charge on any atom is -0.378 e. The van der Waals surface area contributed by atoms with E-state index in [2.05, 4.69) is 0 Å². The summed E-state index contributed by atoms with van der Waals surface area (Å²) < 4.78 is 0. The molecule has 0 atom stereocenters. The van der Waals surface area contributed by atoms with Gasteiger partial charge < -0.3 is 4.90 Å². The minimum atomic E-state index is -0.106. The monoisotopic (exact) mass is 305 g/mol. The molecule has 0 saturated heterocycles. The zero-order valence-corrected chi connectivity index (χ0v) is 13.8. The van der Waals surface area contributed by atoms with Crippen molar-refractivity contribution in [2.75, 3.05) is 19.0 Å². The first-order chi connectivity index (χ1) is 10.9. The number of fused-ring (bicyclic) bond motifs is 1. The molecule has 0 amide bonds. The van der Waals surface area contributed by atoms with Gasteiger partial charge in [-0.2, -0.15) is 0 Å². The number of anilines is 1. The van der Waals surface area contributed by atoms with E-state index in [0.29, 0.717) is 16.7 Å². The molecule has 1 aliphatic rings. The molecule has 3 heteroatoms. The Labute approximate surface area is 136 Å². The third kappa shape index (κ3) is 2.48. The third-order valence-electron chi connectivity index (χ3n) is 4.26. The second kappa shape index (κ2) is 5.51. The Bertz CT molecular complexity index is 837. The Morgan fingerprint density at radius 3 is 2.00 bits per heavy atom. The van der Waals surface area contributed by atoms with Crippen LogP contribution in [0.3, 0.4) is 0 Å². The SMILES string of the molecule is Cc1cc(N(C)C)cc(C)c1C1=CC(=O)c2ccccc2C1=O. The molecular formula is C20H19NO2. The van der Waals surface area contributed by atoms with Crippen LogP contribution in [-0.4, -0.2) is 25.7 Å². The summed E-state index contributed by atoms with van der Waals surface area (Å²) in [5.74, 6) is -0.185. The maximum atomic E-state index is 12.9. The van der Waals surface area contributed by atoms with E-state index in [1.165, 1.54) is 6.08 Å². The fourth-order valence-electron chi connectivity index (χ4n) is 3.12. The zero-order chi connectivity index (χ0) is 16.7. The standard InChI is InChI=1S/C20H19NO2/c1-12-9-14(21(3)4)10-13(2)19(12)17-11-18(22)15-7-5-6-8-16(15)20(17)23/h5-11H,1-4H3. The summed E-state index contributed by atoms with van der Waals surface area (Å²) in [7, 11) is 3.97. The van der Waals surface area contributed by atoms with Crippen LogP contribution in [-0.2, 0) is 0 Å². The zero-order valence-electron chi connectivity index (χ0n) is 13.8. The molecule has 0 saturated carbocycles. The van der Waals surface area contributed by atoms with Gasteiger partial charge in [0.05, 0.1) is 0 Å². The van der Waals surface area contributed by atoms with Gasteiger partial charge in [0.1, 0.15) is 0 Å². The van der Waals surface area contributed by atoms with Gasteiger partial charge in [-0.05, 0) is 48.7 Å².